The zero-order valence-electron chi connectivity index (χ0n) is 23.1. The highest BCUT2D eigenvalue weighted by Crippen LogP contribution is 2.37. The molecule has 1 fully saturated rings. The normalized spacial score (nSPS) is 15.1. The van der Waals surface area contributed by atoms with Gasteiger partial charge < -0.3 is 20.3 Å². The second kappa shape index (κ2) is 13.9. The van der Waals surface area contributed by atoms with Crippen LogP contribution in [0.25, 0.3) is 0 Å². The summed E-state index contributed by atoms with van der Waals surface area (Å²) in [5.74, 6) is 0.299. The van der Waals surface area contributed by atoms with E-state index < -0.39 is 23.8 Å². The molecule has 1 saturated carbocycles. The van der Waals surface area contributed by atoms with Crippen LogP contribution in [0.15, 0.2) is 18.2 Å². The molecule has 0 spiro atoms. The molecule has 0 bridgehead atoms. The lowest BCUT2D eigenvalue weighted by molar-refractivity contribution is -0.143. The van der Waals surface area contributed by atoms with Crippen LogP contribution in [0.2, 0.25) is 0 Å². The lowest BCUT2D eigenvalue weighted by Gasteiger charge is -2.35. The Balaban J connectivity index is 2.41. The number of benzene rings is 1. The minimum atomic E-state index is -0.769. The Hall–Kier alpha value is -2.22. The fourth-order valence-corrected chi connectivity index (χ4v) is 4.70. The molecule has 202 valence electrons. The minimum absolute atomic E-state index is 0.0261. The molecular weight excluding hydrogens is 474 g/mol. The van der Waals surface area contributed by atoms with E-state index in [0.717, 1.165) is 48.8 Å². The molecule has 1 aliphatic rings. The molecule has 0 aromatic heterocycles. The van der Waals surface area contributed by atoms with Crippen molar-refractivity contribution in [3.05, 3.63) is 34.9 Å². The molecule has 7 nitrogen and oxygen atoms in total. The van der Waals surface area contributed by atoms with Crippen LogP contribution in [0.5, 0.6) is 0 Å². The Bertz CT molecular complexity index is 895. The van der Waals surface area contributed by atoms with Gasteiger partial charge in [-0.1, -0.05) is 43.5 Å². The number of nitrogens with zero attached hydrogens (tertiary/aromatic N) is 1. The Morgan fingerprint density at radius 2 is 1.86 bits per heavy atom. The number of nitrogens with one attached hydrogen (secondary N) is 2. The lowest BCUT2D eigenvalue weighted by atomic mass is 9.96. The van der Waals surface area contributed by atoms with Gasteiger partial charge in [0.05, 0.1) is 0 Å². The first-order valence-electron chi connectivity index (χ1n) is 13.1. The second-order valence-corrected chi connectivity index (χ2v) is 11.7. The number of amides is 3. The maximum absolute atomic E-state index is 14.1. The van der Waals surface area contributed by atoms with Crippen molar-refractivity contribution in [2.24, 2.45) is 0 Å². The summed E-state index contributed by atoms with van der Waals surface area (Å²) in [5.41, 5.74) is 2.23. The van der Waals surface area contributed by atoms with Crippen molar-refractivity contribution in [1.82, 2.24) is 15.5 Å². The van der Waals surface area contributed by atoms with Gasteiger partial charge in [-0.15, -0.1) is 0 Å². The van der Waals surface area contributed by atoms with Gasteiger partial charge in [-0.3, -0.25) is 9.59 Å². The van der Waals surface area contributed by atoms with Crippen molar-refractivity contribution in [1.29, 1.82) is 0 Å². The fraction of sp³-hybridized carbons (Fsp3) is 0.679. The Morgan fingerprint density at radius 3 is 2.42 bits per heavy atom. The van der Waals surface area contributed by atoms with Gasteiger partial charge >= 0.3 is 6.09 Å². The molecule has 8 heteroatoms. The first kappa shape index (κ1) is 30.0. The van der Waals surface area contributed by atoms with Gasteiger partial charge in [0.25, 0.3) is 0 Å². The number of thioether (sulfide) groups is 1. The summed E-state index contributed by atoms with van der Waals surface area (Å²) in [7, 11) is 0. The average Bonchev–Trinajstić information content (AvgIpc) is 3.61. The fourth-order valence-electron chi connectivity index (χ4n) is 4.23. The molecule has 0 saturated heterocycles. The molecule has 2 atom stereocenters. The number of hydrogen-bond acceptors (Lipinski definition) is 5. The smallest absolute Gasteiger partial charge is 0.408 e. The number of aryl methyl sites for hydroxylation is 2. The lowest BCUT2D eigenvalue weighted by Crippen LogP contribution is -2.54. The second-order valence-electron chi connectivity index (χ2n) is 10.7. The molecule has 2 unspecified atom stereocenters. The zero-order valence-corrected chi connectivity index (χ0v) is 23.9. The van der Waals surface area contributed by atoms with E-state index in [9.17, 15) is 14.4 Å². The molecule has 0 aliphatic heterocycles. The monoisotopic (exact) mass is 519 g/mol. The third-order valence-electron chi connectivity index (χ3n) is 6.12. The molecular formula is C28H45N3O4S. The Morgan fingerprint density at radius 1 is 1.17 bits per heavy atom. The Kier molecular flexibility index (Phi) is 11.6. The van der Waals surface area contributed by atoms with Crippen LogP contribution >= 0.6 is 11.8 Å². The number of ether oxygens (including phenoxy) is 1. The van der Waals surface area contributed by atoms with Crippen LogP contribution in [-0.4, -0.2) is 59.0 Å². The molecule has 2 N–H and O–H groups in total. The topological polar surface area (TPSA) is 87.7 Å². The average molecular weight is 520 g/mol. The molecule has 1 aliphatic carbocycles. The number of carbonyl (C=O) groups is 3. The molecule has 36 heavy (non-hydrogen) atoms. The van der Waals surface area contributed by atoms with Crippen molar-refractivity contribution in [3.8, 4) is 0 Å². The van der Waals surface area contributed by atoms with E-state index in [2.05, 4.69) is 17.6 Å². The van der Waals surface area contributed by atoms with Gasteiger partial charge in [-0.25, -0.2) is 4.79 Å². The van der Waals surface area contributed by atoms with E-state index in [1.165, 1.54) is 0 Å². The SMILES string of the molecule is CCCCCNC(=O)C(c1ccc(C)cc1C)N(C(=O)C(CCSC)NC(=O)OC(C)(C)C)C1CC1. The highest BCUT2D eigenvalue weighted by molar-refractivity contribution is 7.98. The quantitative estimate of drug-likeness (QED) is 0.346. The third-order valence-corrected chi connectivity index (χ3v) is 6.76. The third kappa shape index (κ3) is 9.34. The molecule has 0 radical (unpaired) electrons. The number of hydrogen-bond donors (Lipinski definition) is 2. The standard InChI is InChI=1S/C28H45N3O4S/c1-8-9-10-16-29-25(32)24(22-14-11-19(2)18-20(22)3)31(21-12-13-21)26(33)23(15-17-36-7)30-27(34)35-28(4,5)6/h11,14,18,21,23-24H,8-10,12-13,15-17H2,1-7H3,(H,29,32)(H,30,34). The van der Waals surface area contributed by atoms with E-state index in [-0.39, 0.29) is 17.9 Å². The van der Waals surface area contributed by atoms with Gasteiger partial charge in [-0.2, -0.15) is 11.8 Å². The van der Waals surface area contributed by atoms with Crippen molar-refractivity contribution in [2.45, 2.75) is 104 Å². The predicted octanol–water partition coefficient (Wildman–Crippen LogP) is 5.29. The number of unbranched alkanes of at least 4 members (excludes halogenated alkanes) is 2. The maximum atomic E-state index is 14.1. The van der Waals surface area contributed by atoms with Crippen LogP contribution in [0, 0.1) is 13.8 Å². The van der Waals surface area contributed by atoms with Gasteiger partial charge in [0, 0.05) is 12.6 Å². The van der Waals surface area contributed by atoms with Crippen molar-refractivity contribution in [2.75, 3.05) is 18.6 Å². The van der Waals surface area contributed by atoms with Crippen molar-refractivity contribution < 1.29 is 19.1 Å². The van der Waals surface area contributed by atoms with Gasteiger partial charge in [0.15, 0.2) is 0 Å². The summed E-state index contributed by atoms with van der Waals surface area (Å²) in [6, 6.07) is 4.45. The number of alkyl carbamates (subject to hydrolysis) is 1. The highest BCUT2D eigenvalue weighted by atomic mass is 32.2. The van der Waals surface area contributed by atoms with Gasteiger partial charge in [0.2, 0.25) is 11.8 Å². The summed E-state index contributed by atoms with van der Waals surface area (Å²) >= 11 is 1.61. The summed E-state index contributed by atoms with van der Waals surface area (Å²) in [5, 5.41) is 5.88. The first-order chi connectivity index (χ1) is 17.0. The minimum Gasteiger partial charge on any atom is -0.444 e. The van der Waals surface area contributed by atoms with E-state index in [1.807, 2.05) is 38.3 Å². The number of carbonyl (C=O) groups excluding carboxylic acids is 3. The summed E-state index contributed by atoms with van der Waals surface area (Å²) in [6.45, 7) is 12.1. The molecule has 0 heterocycles. The van der Waals surface area contributed by atoms with Crippen LogP contribution in [0.3, 0.4) is 0 Å². The molecule has 1 aromatic carbocycles. The summed E-state index contributed by atoms with van der Waals surface area (Å²) in [6.07, 6.45) is 6.50. The first-order valence-corrected chi connectivity index (χ1v) is 14.5. The Labute approximate surface area is 221 Å². The van der Waals surface area contributed by atoms with Crippen molar-refractivity contribution in [3.63, 3.8) is 0 Å². The van der Waals surface area contributed by atoms with Crippen molar-refractivity contribution >= 4 is 29.7 Å². The van der Waals surface area contributed by atoms with Gasteiger partial charge in [-0.05, 0) is 83.4 Å². The largest absolute Gasteiger partial charge is 0.444 e. The summed E-state index contributed by atoms with van der Waals surface area (Å²) in [4.78, 5) is 42.1. The van der Waals surface area contributed by atoms with E-state index in [0.29, 0.717) is 18.7 Å². The molecule has 3 amide bonds. The number of rotatable bonds is 13. The molecule has 2 rings (SSSR count). The van der Waals surface area contributed by atoms with Crippen LogP contribution in [-0.2, 0) is 14.3 Å². The summed E-state index contributed by atoms with van der Waals surface area (Å²) < 4.78 is 5.45. The maximum Gasteiger partial charge on any atom is 0.408 e. The van der Waals surface area contributed by atoms with Crippen LogP contribution in [0.4, 0.5) is 4.79 Å². The zero-order chi connectivity index (χ0) is 26.9. The van der Waals surface area contributed by atoms with Crippen LogP contribution in [0.1, 0.15) is 89.0 Å². The van der Waals surface area contributed by atoms with E-state index in [1.54, 1.807) is 37.4 Å². The highest BCUT2D eigenvalue weighted by Gasteiger charge is 2.44. The molecule has 1 aromatic rings. The van der Waals surface area contributed by atoms with E-state index in [4.69, 9.17) is 4.74 Å². The van der Waals surface area contributed by atoms with E-state index >= 15 is 0 Å². The van der Waals surface area contributed by atoms with Gasteiger partial charge in [0.1, 0.15) is 17.7 Å². The predicted molar refractivity (Wildman–Crippen MR) is 147 cm³/mol. The van der Waals surface area contributed by atoms with Crippen LogP contribution < -0.4 is 10.6 Å².